The van der Waals surface area contributed by atoms with Crippen molar-refractivity contribution in [1.29, 1.82) is 0 Å². The van der Waals surface area contributed by atoms with Crippen molar-refractivity contribution in [1.82, 2.24) is 14.9 Å². The van der Waals surface area contributed by atoms with E-state index in [1.54, 1.807) is 12.1 Å². The normalized spacial score (nSPS) is 14.7. The number of hydrogen-bond acceptors (Lipinski definition) is 4. The molecule has 1 atom stereocenters. The van der Waals surface area contributed by atoms with E-state index < -0.39 is 5.97 Å². The Hall–Kier alpha value is -4.91. The zero-order chi connectivity index (χ0) is 29.8. The first-order chi connectivity index (χ1) is 20.9. The molecule has 1 N–H and O–H groups in total. The monoisotopic (exact) mass is 573 g/mol. The maximum absolute atomic E-state index is 13.7. The number of aromatic nitrogens is 2. The molecule has 0 aliphatic carbocycles. The Morgan fingerprint density at radius 3 is 2.42 bits per heavy atom. The van der Waals surface area contributed by atoms with Crippen molar-refractivity contribution < 1.29 is 19.1 Å². The van der Waals surface area contributed by atoms with E-state index >= 15 is 0 Å². The van der Waals surface area contributed by atoms with Gasteiger partial charge in [0.1, 0.15) is 5.82 Å². The fourth-order valence-electron chi connectivity index (χ4n) is 5.89. The van der Waals surface area contributed by atoms with Crippen molar-refractivity contribution in [3.8, 4) is 11.3 Å². The van der Waals surface area contributed by atoms with Crippen LogP contribution in [-0.4, -0.2) is 44.9 Å². The summed E-state index contributed by atoms with van der Waals surface area (Å²) in [6.45, 7) is 1.40. The first kappa shape index (κ1) is 28.2. The van der Waals surface area contributed by atoms with Crippen LogP contribution in [0.1, 0.15) is 51.5 Å². The van der Waals surface area contributed by atoms with Gasteiger partial charge in [-0.2, -0.15) is 0 Å². The molecule has 7 heteroatoms. The molecule has 1 aliphatic rings. The Balaban J connectivity index is 1.25. The number of rotatable bonds is 9. The summed E-state index contributed by atoms with van der Waals surface area (Å²) in [6.07, 6.45) is 3.05. The molecule has 4 aromatic carbocycles. The van der Waals surface area contributed by atoms with Crippen LogP contribution in [0.15, 0.2) is 97.1 Å². The second-order valence-electron chi connectivity index (χ2n) is 11.1. The molecule has 1 aliphatic heterocycles. The third-order valence-corrected chi connectivity index (χ3v) is 8.07. The van der Waals surface area contributed by atoms with Crippen LogP contribution in [0.2, 0.25) is 0 Å². The van der Waals surface area contributed by atoms with Gasteiger partial charge in [-0.05, 0) is 84.8 Å². The van der Waals surface area contributed by atoms with Gasteiger partial charge < -0.3 is 10.0 Å². The smallest absolute Gasteiger partial charge is 0.307 e. The number of amides is 1. The van der Waals surface area contributed by atoms with Crippen LogP contribution in [0, 0.1) is 5.82 Å². The number of aryl methyl sites for hydroxylation is 2. The highest BCUT2D eigenvalue weighted by Gasteiger charge is 2.28. The molecule has 1 fully saturated rings. The number of carbonyl (C=O) groups excluding carboxylic acids is 1. The number of halogens is 1. The number of likely N-dealkylation sites (tertiary alicyclic amines) is 1. The Labute approximate surface area is 249 Å². The fraction of sp³-hybridized carbons (Fsp3) is 0.222. The zero-order valence-corrected chi connectivity index (χ0v) is 23.7. The Bertz CT molecular complexity index is 1770. The first-order valence-electron chi connectivity index (χ1n) is 14.6. The van der Waals surface area contributed by atoms with Crippen molar-refractivity contribution in [2.45, 2.75) is 38.0 Å². The maximum atomic E-state index is 13.7. The molecule has 0 spiro atoms. The van der Waals surface area contributed by atoms with E-state index in [-0.39, 0.29) is 18.1 Å². The van der Waals surface area contributed by atoms with E-state index in [1.165, 1.54) is 17.7 Å². The predicted octanol–water partition coefficient (Wildman–Crippen LogP) is 6.87. The average molecular weight is 574 g/mol. The topological polar surface area (TPSA) is 83.4 Å². The Kier molecular flexibility index (Phi) is 8.22. The van der Waals surface area contributed by atoms with Gasteiger partial charge in [-0.1, -0.05) is 54.6 Å². The summed E-state index contributed by atoms with van der Waals surface area (Å²) in [7, 11) is 0. The maximum Gasteiger partial charge on any atom is 0.307 e. The van der Waals surface area contributed by atoms with Crippen LogP contribution in [0.4, 0.5) is 4.39 Å². The van der Waals surface area contributed by atoms with E-state index in [0.717, 1.165) is 41.6 Å². The molecule has 1 amide bonds. The average Bonchev–Trinajstić information content (AvgIpc) is 3.51. The largest absolute Gasteiger partial charge is 0.481 e. The van der Waals surface area contributed by atoms with Crippen molar-refractivity contribution in [3.05, 3.63) is 131 Å². The summed E-state index contributed by atoms with van der Waals surface area (Å²) in [6, 6.07) is 29.7. The second kappa shape index (κ2) is 12.5. The zero-order valence-electron chi connectivity index (χ0n) is 23.7. The van der Waals surface area contributed by atoms with E-state index in [9.17, 15) is 14.0 Å². The van der Waals surface area contributed by atoms with Crippen molar-refractivity contribution in [2.75, 3.05) is 13.1 Å². The number of nitrogens with zero attached hydrogens (tertiary/aromatic N) is 3. The first-order valence-corrected chi connectivity index (χ1v) is 14.6. The summed E-state index contributed by atoms with van der Waals surface area (Å²) in [5, 5.41) is 9.14. The van der Waals surface area contributed by atoms with E-state index in [2.05, 4.69) is 12.1 Å². The molecular formula is C36H32FN3O3. The van der Waals surface area contributed by atoms with Gasteiger partial charge in [-0.3, -0.25) is 9.59 Å². The molecule has 6 nitrogen and oxygen atoms in total. The van der Waals surface area contributed by atoms with E-state index in [1.807, 2.05) is 65.6 Å². The molecule has 2 heterocycles. The van der Waals surface area contributed by atoms with Gasteiger partial charge in [0.15, 0.2) is 0 Å². The summed E-state index contributed by atoms with van der Waals surface area (Å²) in [5.41, 5.74) is 7.24. The second-order valence-corrected chi connectivity index (χ2v) is 11.1. The molecule has 0 bridgehead atoms. The summed E-state index contributed by atoms with van der Waals surface area (Å²) in [4.78, 5) is 36.5. The summed E-state index contributed by atoms with van der Waals surface area (Å²) >= 11 is 0. The van der Waals surface area contributed by atoms with E-state index in [4.69, 9.17) is 15.1 Å². The molecule has 43 heavy (non-hydrogen) atoms. The Morgan fingerprint density at radius 2 is 1.63 bits per heavy atom. The standard InChI is InChI=1S/C36H32FN3O3/c37-30-15-12-27(13-16-30)35-32(11-5-7-24-6-4-8-25(20-24)21-34(41)42)38-33-22-28(14-17-31(33)39-35)36(43)40-19-18-29(23-40)26-9-2-1-3-10-26/h1-4,6,8-10,12-17,20,22,29H,5,7,11,18-19,21,23H2,(H,41,42)/t29-/m1/s1. The highest BCUT2D eigenvalue weighted by atomic mass is 19.1. The molecule has 1 saturated heterocycles. The lowest BCUT2D eigenvalue weighted by Crippen LogP contribution is -2.28. The fourth-order valence-corrected chi connectivity index (χ4v) is 5.89. The number of carbonyl (C=O) groups is 2. The molecule has 6 rings (SSSR count). The van der Waals surface area contributed by atoms with Crippen LogP contribution in [0.5, 0.6) is 0 Å². The highest BCUT2D eigenvalue weighted by Crippen LogP contribution is 2.29. The predicted molar refractivity (Wildman–Crippen MR) is 164 cm³/mol. The van der Waals surface area contributed by atoms with Gasteiger partial charge >= 0.3 is 5.97 Å². The van der Waals surface area contributed by atoms with Gasteiger partial charge in [0.2, 0.25) is 0 Å². The Morgan fingerprint density at radius 1 is 0.837 bits per heavy atom. The van der Waals surface area contributed by atoms with Crippen LogP contribution >= 0.6 is 0 Å². The van der Waals surface area contributed by atoms with Crippen LogP contribution in [-0.2, 0) is 24.1 Å². The molecular weight excluding hydrogens is 541 g/mol. The number of fused-ring (bicyclic) bond motifs is 1. The summed E-state index contributed by atoms with van der Waals surface area (Å²) in [5.74, 6) is -0.849. The molecule has 1 aromatic heterocycles. The highest BCUT2D eigenvalue weighted by molar-refractivity contribution is 5.97. The number of hydrogen-bond donors (Lipinski definition) is 1. The SMILES string of the molecule is O=C(O)Cc1cccc(CCCc2nc3cc(C(=O)N4CC[C@@H](c5ccccc5)C4)ccc3nc2-c2ccc(F)cc2)c1. The molecule has 0 saturated carbocycles. The van der Waals surface area contributed by atoms with Crippen molar-refractivity contribution >= 4 is 22.9 Å². The van der Waals surface area contributed by atoms with Gasteiger partial charge in [-0.15, -0.1) is 0 Å². The number of carboxylic acids is 1. The lowest BCUT2D eigenvalue weighted by atomic mass is 9.99. The molecule has 5 aromatic rings. The number of benzene rings is 4. The summed E-state index contributed by atoms with van der Waals surface area (Å²) < 4.78 is 13.7. The minimum absolute atomic E-state index is 0.00691. The van der Waals surface area contributed by atoms with Gasteiger partial charge in [0.25, 0.3) is 5.91 Å². The molecule has 0 unspecified atom stereocenters. The third-order valence-electron chi connectivity index (χ3n) is 8.07. The number of aliphatic carboxylic acids is 1. The van der Waals surface area contributed by atoms with Crippen molar-refractivity contribution in [2.24, 2.45) is 0 Å². The van der Waals surface area contributed by atoms with E-state index in [0.29, 0.717) is 47.7 Å². The molecule has 0 radical (unpaired) electrons. The number of carboxylic acid groups (broad SMARTS) is 1. The van der Waals surface area contributed by atoms with Gasteiger partial charge in [0.05, 0.1) is 28.8 Å². The van der Waals surface area contributed by atoms with Crippen molar-refractivity contribution in [3.63, 3.8) is 0 Å². The van der Waals surface area contributed by atoms with Gasteiger partial charge in [0, 0.05) is 30.1 Å². The lowest BCUT2D eigenvalue weighted by Gasteiger charge is -2.17. The van der Waals surface area contributed by atoms with Gasteiger partial charge in [-0.25, -0.2) is 14.4 Å². The quantitative estimate of drug-likeness (QED) is 0.208. The minimum atomic E-state index is -0.855. The van der Waals surface area contributed by atoms with Crippen LogP contribution in [0.25, 0.3) is 22.3 Å². The minimum Gasteiger partial charge on any atom is -0.481 e. The lowest BCUT2D eigenvalue weighted by molar-refractivity contribution is -0.136. The van der Waals surface area contributed by atoms with Crippen LogP contribution in [0.3, 0.4) is 0 Å². The third kappa shape index (κ3) is 6.61. The van der Waals surface area contributed by atoms with Crippen LogP contribution < -0.4 is 0 Å². The molecule has 216 valence electrons.